The molecule has 1 aliphatic heterocycles. The number of ketones is 1. The minimum absolute atomic E-state index is 0.0701. The van der Waals surface area contributed by atoms with Crippen LogP contribution in [-0.4, -0.2) is 40.0 Å². The topological polar surface area (TPSA) is 126 Å². The summed E-state index contributed by atoms with van der Waals surface area (Å²) >= 11 is 0. The van der Waals surface area contributed by atoms with E-state index >= 15 is 0 Å². The number of halogens is 1. The molecule has 4 rings (SSSR count). The van der Waals surface area contributed by atoms with Gasteiger partial charge in [0.1, 0.15) is 23.0 Å². The number of methoxy groups -OCH3 is 1. The summed E-state index contributed by atoms with van der Waals surface area (Å²) in [6.07, 6.45) is 0. The van der Waals surface area contributed by atoms with E-state index in [0.717, 1.165) is 4.90 Å². The van der Waals surface area contributed by atoms with Crippen molar-refractivity contribution in [2.45, 2.75) is 26.8 Å². The molecule has 9 nitrogen and oxygen atoms in total. The SMILES string of the molecule is COC(=O)c1[nH]c(C)c(/C(O)=C2\C(=O)C(=O)N(c3cc(C)on3)C2c2ccc(F)cc2)c1C. The van der Waals surface area contributed by atoms with Crippen molar-refractivity contribution in [3.8, 4) is 0 Å². The number of aromatic amines is 1. The molecule has 1 saturated heterocycles. The second-order valence-corrected chi connectivity index (χ2v) is 7.63. The number of hydrogen-bond donors (Lipinski definition) is 2. The average Bonchev–Trinajstić information content (AvgIpc) is 3.42. The minimum atomic E-state index is -1.11. The number of aliphatic hydroxyl groups excluding tert-OH is 1. The maximum absolute atomic E-state index is 13.6. The van der Waals surface area contributed by atoms with Gasteiger partial charge in [0.05, 0.1) is 18.7 Å². The third-order valence-electron chi connectivity index (χ3n) is 5.56. The number of carbonyl (C=O) groups excluding carboxylic acids is 3. The molecule has 1 aromatic carbocycles. The van der Waals surface area contributed by atoms with Crippen LogP contribution in [0.25, 0.3) is 5.76 Å². The van der Waals surface area contributed by atoms with Crippen molar-refractivity contribution in [1.29, 1.82) is 0 Å². The second-order valence-electron chi connectivity index (χ2n) is 7.63. The highest BCUT2D eigenvalue weighted by Gasteiger charge is 2.48. The Bertz CT molecular complexity index is 1320. The molecule has 3 heterocycles. The van der Waals surface area contributed by atoms with Crippen LogP contribution in [0.5, 0.6) is 0 Å². The molecule has 3 aromatic rings. The zero-order chi connectivity index (χ0) is 24.0. The van der Waals surface area contributed by atoms with E-state index in [9.17, 15) is 23.9 Å². The number of benzene rings is 1. The summed E-state index contributed by atoms with van der Waals surface area (Å²) in [6.45, 7) is 4.81. The molecule has 1 fully saturated rings. The molecule has 0 radical (unpaired) electrons. The van der Waals surface area contributed by atoms with Crippen molar-refractivity contribution >= 4 is 29.2 Å². The van der Waals surface area contributed by atoms with Gasteiger partial charge in [-0.3, -0.25) is 14.5 Å². The lowest BCUT2D eigenvalue weighted by atomic mass is 9.94. The monoisotopic (exact) mass is 453 g/mol. The Morgan fingerprint density at radius 1 is 1.21 bits per heavy atom. The summed E-state index contributed by atoms with van der Waals surface area (Å²) in [6, 6.07) is 5.57. The van der Waals surface area contributed by atoms with Gasteiger partial charge >= 0.3 is 11.9 Å². The molecule has 0 bridgehead atoms. The zero-order valence-corrected chi connectivity index (χ0v) is 18.2. The highest BCUT2D eigenvalue weighted by molar-refractivity contribution is 6.51. The van der Waals surface area contributed by atoms with Crippen molar-refractivity contribution < 1.29 is 33.1 Å². The van der Waals surface area contributed by atoms with Gasteiger partial charge in [0.15, 0.2) is 5.82 Å². The van der Waals surface area contributed by atoms with E-state index in [4.69, 9.17) is 9.26 Å². The molecule has 170 valence electrons. The van der Waals surface area contributed by atoms with Gasteiger partial charge in [-0.25, -0.2) is 9.18 Å². The zero-order valence-electron chi connectivity index (χ0n) is 18.2. The van der Waals surface area contributed by atoms with E-state index in [0.29, 0.717) is 22.6 Å². The number of aryl methyl sites for hydroxylation is 2. The molecule has 1 atom stereocenters. The number of anilines is 1. The first-order valence-corrected chi connectivity index (χ1v) is 9.93. The Balaban J connectivity index is 1.97. The normalized spacial score (nSPS) is 17.6. The molecule has 33 heavy (non-hydrogen) atoms. The van der Waals surface area contributed by atoms with E-state index in [-0.39, 0.29) is 22.6 Å². The first-order chi connectivity index (χ1) is 15.6. The van der Waals surface area contributed by atoms with Crippen LogP contribution >= 0.6 is 0 Å². The van der Waals surface area contributed by atoms with E-state index in [1.807, 2.05) is 0 Å². The average molecular weight is 453 g/mol. The number of aromatic nitrogens is 2. The van der Waals surface area contributed by atoms with Gasteiger partial charge in [-0.15, -0.1) is 0 Å². The predicted molar refractivity (Wildman–Crippen MR) is 114 cm³/mol. The summed E-state index contributed by atoms with van der Waals surface area (Å²) < 4.78 is 23.4. The van der Waals surface area contributed by atoms with Gasteiger partial charge in [0.25, 0.3) is 5.78 Å². The summed E-state index contributed by atoms with van der Waals surface area (Å²) in [5, 5.41) is 15.1. The van der Waals surface area contributed by atoms with Crippen LogP contribution in [0.4, 0.5) is 10.2 Å². The molecule has 2 N–H and O–H groups in total. The third kappa shape index (κ3) is 3.49. The quantitative estimate of drug-likeness (QED) is 0.268. The fourth-order valence-corrected chi connectivity index (χ4v) is 4.04. The lowest BCUT2D eigenvalue weighted by molar-refractivity contribution is -0.132. The first kappa shape index (κ1) is 22.0. The molecule has 0 aliphatic carbocycles. The summed E-state index contributed by atoms with van der Waals surface area (Å²) in [5.41, 5.74) is 1.18. The maximum atomic E-state index is 13.6. The van der Waals surface area contributed by atoms with Crippen molar-refractivity contribution in [1.82, 2.24) is 10.1 Å². The number of esters is 1. The number of amides is 1. The Morgan fingerprint density at radius 3 is 2.45 bits per heavy atom. The number of Topliss-reactive ketones (excluding diaryl/α,β-unsaturated/α-hetero) is 1. The standard InChI is InChI=1S/C23H20FN3O6/c1-10-9-15(26-33-10)27-19(13-5-7-14(24)8-6-13)17(21(29)22(27)30)20(28)16-11(2)18(23(31)32-4)25-12(16)3/h5-9,19,25,28H,1-4H3/b20-17+. The van der Waals surface area contributed by atoms with Gasteiger partial charge < -0.3 is 19.4 Å². The predicted octanol–water partition coefficient (Wildman–Crippen LogP) is 3.48. The fourth-order valence-electron chi connectivity index (χ4n) is 4.04. The van der Waals surface area contributed by atoms with Crippen LogP contribution in [0.3, 0.4) is 0 Å². The van der Waals surface area contributed by atoms with E-state index in [1.54, 1.807) is 20.8 Å². The summed E-state index contributed by atoms with van der Waals surface area (Å²) in [5.74, 6) is -3.05. The molecule has 0 saturated carbocycles. The summed E-state index contributed by atoms with van der Waals surface area (Å²) in [4.78, 5) is 42.2. The number of aliphatic hydroxyl groups is 1. The lowest BCUT2D eigenvalue weighted by Crippen LogP contribution is -2.29. The van der Waals surface area contributed by atoms with E-state index in [2.05, 4.69) is 10.1 Å². The molecule has 0 spiro atoms. The van der Waals surface area contributed by atoms with E-state index < -0.39 is 35.3 Å². The van der Waals surface area contributed by atoms with Gasteiger partial charge in [0, 0.05) is 17.3 Å². The van der Waals surface area contributed by atoms with Crippen molar-refractivity contribution in [3.63, 3.8) is 0 Å². The third-order valence-corrected chi connectivity index (χ3v) is 5.56. The highest BCUT2D eigenvalue weighted by Crippen LogP contribution is 2.43. The van der Waals surface area contributed by atoms with Crippen LogP contribution in [0.1, 0.15) is 44.7 Å². The van der Waals surface area contributed by atoms with Crippen LogP contribution in [0.15, 0.2) is 40.4 Å². The van der Waals surface area contributed by atoms with Crippen LogP contribution < -0.4 is 4.90 Å². The number of hydrogen-bond acceptors (Lipinski definition) is 7. The van der Waals surface area contributed by atoms with E-state index in [1.165, 1.54) is 37.4 Å². The molecule has 1 amide bonds. The van der Waals surface area contributed by atoms with Gasteiger partial charge in [-0.05, 0) is 44.0 Å². The number of nitrogens with zero attached hydrogens (tertiary/aromatic N) is 2. The van der Waals surface area contributed by atoms with Gasteiger partial charge in [-0.1, -0.05) is 17.3 Å². The number of rotatable bonds is 4. The Hall–Kier alpha value is -4.21. The first-order valence-electron chi connectivity index (χ1n) is 9.93. The number of carbonyl (C=O) groups is 3. The van der Waals surface area contributed by atoms with Crippen molar-refractivity contribution in [2.24, 2.45) is 0 Å². The minimum Gasteiger partial charge on any atom is -0.507 e. The second kappa shape index (κ2) is 8.05. The molecule has 1 unspecified atom stereocenters. The fraction of sp³-hybridized carbons (Fsp3) is 0.217. The molecule has 10 heteroatoms. The Morgan fingerprint density at radius 2 is 1.88 bits per heavy atom. The van der Waals surface area contributed by atoms with Crippen LogP contribution in [0, 0.1) is 26.6 Å². The number of nitrogens with one attached hydrogen (secondary N) is 1. The smallest absolute Gasteiger partial charge is 0.354 e. The molecule has 1 aliphatic rings. The molecular formula is C23H20FN3O6. The van der Waals surface area contributed by atoms with Crippen LogP contribution in [-0.2, 0) is 14.3 Å². The van der Waals surface area contributed by atoms with Gasteiger partial charge in [0.2, 0.25) is 0 Å². The number of H-pyrrole nitrogens is 1. The van der Waals surface area contributed by atoms with Crippen molar-refractivity contribution in [2.75, 3.05) is 12.0 Å². The van der Waals surface area contributed by atoms with Gasteiger partial charge in [-0.2, -0.15) is 0 Å². The lowest BCUT2D eigenvalue weighted by Gasteiger charge is -2.22. The summed E-state index contributed by atoms with van der Waals surface area (Å²) in [7, 11) is 1.22. The largest absolute Gasteiger partial charge is 0.507 e. The van der Waals surface area contributed by atoms with Crippen LogP contribution in [0.2, 0.25) is 0 Å². The highest BCUT2D eigenvalue weighted by atomic mass is 19.1. The molecule has 2 aromatic heterocycles. The van der Waals surface area contributed by atoms with Crippen molar-refractivity contribution in [3.05, 3.63) is 75.6 Å². The number of ether oxygens (including phenoxy) is 1. The Labute approximate surface area is 187 Å². The molecular weight excluding hydrogens is 433 g/mol. The Kier molecular flexibility index (Phi) is 5.36. The maximum Gasteiger partial charge on any atom is 0.354 e.